The van der Waals surface area contributed by atoms with Gasteiger partial charge in [0.15, 0.2) is 5.11 Å². The predicted octanol–water partition coefficient (Wildman–Crippen LogP) is 4.04. The smallest absolute Gasteiger partial charge is 0.341 e. The summed E-state index contributed by atoms with van der Waals surface area (Å²) in [6, 6.07) is 6.54. The number of halogens is 1. The van der Waals surface area contributed by atoms with E-state index in [2.05, 4.69) is 10.6 Å². The van der Waals surface area contributed by atoms with Crippen LogP contribution in [-0.4, -0.2) is 18.2 Å². The largest absolute Gasteiger partial charge is 0.465 e. The fraction of sp³-hybridized carbons (Fsp3) is 0.333. The fourth-order valence-electron chi connectivity index (χ4n) is 2.94. The molecule has 0 saturated heterocycles. The maximum Gasteiger partial charge on any atom is 0.341 e. The zero-order chi connectivity index (χ0) is 17.8. The molecule has 0 radical (unpaired) electrons. The average molecular weight is 378 g/mol. The average Bonchev–Trinajstić information content (AvgIpc) is 2.98. The second-order valence-electron chi connectivity index (χ2n) is 5.81. The van der Waals surface area contributed by atoms with E-state index in [4.69, 9.17) is 17.0 Å². The molecule has 0 saturated carbocycles. The monoisotopic (exact) mass is 378 g/mol. The predicted molar refractivity (Wildman–Crippen MR) is 102 cm³/mol. The number of anilines is 1. The lowest BCUT2D eigenvalue weighted by atomic mass is 9.95. The number of aryl methyl sites for hydroxylation is 1. The second-order valence-corrected chi connectivity index (χ2v) is 7.32. The second kappa shape index (κ2) is 7.93. The van der Waals surface area contributed by atoms with Gasteiger partial charge in [0.2, 0.25) is 0 Å². The molecule has 0 unspecified atom stereocenters. The molecule has 132 valence electrons. The van der Waals surface area contributed by atoms with Gasteiger partial charge in [0.1, 0.15) is 10.8 Å². The third kappa shape index (κ3) is 3.99. The molecule has 4 nitrogen and oxygen atoms in total. The van der Waals surface area contributed by atoms with E-state index in [0.717, 1.165) is 31.2 Å². The summed E-state index contributed by atoms with van der Waals surface area (Å²) in [7, 11) is 1.38. The van der Waals surface area contributed by atoms with Crippen LogP contribution in [0.2, 0.25) is 0 Å². The number of hydrogen-bond donors (Lipinski definition) is 2. The van der Waals surface area contributed by atoms with Crippen molar-refractivity contribution < 1.29 is 13.9 Å². The van der Waals surface area contributed by atoms with Crippen LogP contribution in [0, 0.1) is 5.82 Å². The number of thiophene rings is 1. The topological polar surface area (TPSA) is 50.4 Å². The molecule has 0 bridgehead atoms. The summed E-state index contributed by atoms with van der Waals surface area (Å²) in [5, 5.41) is 7.13. The van der Waals surface area contributed by atoms with Crippen LogP contribution in [0.25, 0.3) is 0 Å². The molecule has 0 amide bonds. The van der Waals surface area contributed by atoms with Gasteiger partial charge in [-0.2, -0.15) is 0 Å². The molecular formula is C18H19FN2O2S2. The minimum absolute atomic E-state index is 0.275. The van der Waals surface area contributed by atoms with Crippen molar-refractivity contribution >= 4 is 39.6 Å². The van der Waals surface area contributed by atoms with Gasteiger partial charge >= 0.3 is 5.97 Å². The SMILES string of the molecule is COC(=O)c1c(NC(=S)NCc2ccccc2F)sc2c1CCCC2. The van der Waals surface area contributed by atoms with Crippen molar-refractivity contribution in [2.75, 3.05) is 12.4 Å². The molecular weight excluding hydrogens is 359 g/mol. The zero-order valence-corrected chi connectivity index (χ0v) is 15.5. The Kier molecular flexibility index (Phi) is 5.65. The maximum absolute atomic E-state index is 13.7. The highest BCUT2D eigenvalue weighted by Gasteiger charge is 2.26. The maximum atomic E-state index is 13.7. The van der Waals surface area contributed by atoms with Gasteiger partial charge in [0, 0.05) is 17.0 Å². The number of carbonyl (C=O) groups excluding carboxylic acids is 1. The van der Waals surface area contributed by atoms with E-state index < -0.39 is 0 Å². The molecule has 0 fully saturated rings. The Morgan fingerprint density at radius 1 is 1.32 bits per heavy atom. The van der Waals surface area contributed by atoms with Crippen molar-refractivity contribution in [3.63, 3.8) is 0 Å². The Morgan fingerprint density at radius 3 is 2.84 bits per heavy atom. The van der Waals surface area contributed by atoms with E-state index >= 15 is 0 Å². The van der Waals surface area contributed by atoms with E-state index in [9.17, 15) is 9.18 Å². The quantitative estimate of drug-likeness (QED) is 0.621. The number of carbonyl (C=O) groups is 1. The van der Waals surface area contributed by atoms with Crippen molar-refractivity contribution in [3.05, 3.63) is 51.7 Å². The Labute approximate surface area is 155 Å². The number of nitrogens with one attached hydrogen (secondary N) is 2. The Bertz CT molecular complexity index is 804. The van der Waals surface area contributed by atoms with Crippen LogP contribution in [0.1, 0.15) is 39.2 Å². The third-order valence-corrected chi connectivity index (χ3v) is 5.64. The van der Waals surface area contributed by atoms with Gasteiger partial charge in [-0.3, -0.25) is 0 Å². The van der Waals surface area contributed by atoms with Crippen molar-refractivity contribution in [2.24, 2.45) is 0 Å². The highest BCUT2D eigenvalue weighted by atomic mass is 32.1. The summed E-state index contributed by atoms with van der Waals surface area (Å²) in [5.74, 6) is -0.626. The number of rotatable bonds is 4. The summed E-state index contributed by atoms with van der Waals surface area (Å²) in [4.78, 5) is 13.4. The van der Waals surface area contributed by atoms with E-state index in [1.54, 1.807) is 29.5 Å². The molecule has 3 rings (SSSR count). The third-order valence-electron chi connectivity index (χ3n) is 4.19. The Hall–Kier alpha value is -1.99. The zero-order valence-electron chi connectivity index (χ0n) is 13.9. The van der Waals surface area contributed by atoms with Crippen LogP contribution in [0.5, 0.6) is 0 Å². The molecule has 1 aromatic carbocycles. The summed E-state index contributed by atoms with van der Waals surface area (Å²) in [6.07, 6.45) is 4.06. The van der Waals surface area contributed by atoms with E-state index in [1.807, 2.05) is 0 Å². The normalized spacial score (nSPS) is 13.0. The van der Waals surface area contributed by atoms with Crippen molar-refractivity contribution in [2.45, 2.75) is 32.2 Å². The number of esters is 1. The lowest BCUT2D eigenvalue weighted by Gasteiger charge is -2.12. The van der Waals surface area contributed by atoms with E-state index in [1.165, 1.54) is 18.1 Å². The first-order valence-corrected chi connectivity index (χ1v) is 9.33. The number of ether oxygens (including phenoxy) is 1. The Balaban J connectivity index is 1.73. The molecule has 7 heteroatoms. The number of fused-ring (bicyclic) bond motifs is 1. The van der Waals surface area contributed by atoms with Crippen LogP contribution in [-0.2, 0) is 24.1 Å². The summed E-state index contributed by atoms with van der Waals surface area (Å²) in [6.45, 7) is 0.275. The van der Waals surface area contributed by atoms with Crippen LogP contribution < -0.4 is 10.6 Å². The molecule has 25 heavy (non-hydrogen) atoms. The first-order chi connectivity index (χ1) is 12.1. The summed E-state index contributed by atoms with van der Waals surface area (Å²) in [5.41, 5.74) is 2.19. The highest BCUT2D eigenvalue weighted by Crippen LogP contribution is 2.38. The lowest BCUT2D eigenvalue weighted by Crippen LogP contribution is -2.28. The molecule has 0 atom stereocenters. The minimum Gasteiger partial charge on any atom is -0.465 e. The highest BCUT2D eigenvalue weighted by molar-refractivity contribution is 7.80. The standard InChI is InChI=1S/C18H19FN2O2S2/c1-23-17(22)15-12-7-3-5-9-14(12)25-16(15)21-18(24)20-10-11-6-2-4-8-13(11)19/h2,4,6,8H,3,5,7,9-10H2,1H3,(H2,20,21,24). The van der Waals surface area contributed by atoms with Gasteiger partial charge in [-0.1, -0.05) is 18.2 Å². The van der Waals surface area contributed by atoms with Crippen LogP contribution in [0.15, 0.2) is 24.3 Å². The van der Waals surface area contributed by atoms with Crippen LogP contribution in [0.4, 0.5) is 9.39 Å². The van der Waals surface area contributed by atoms with Gasteiger partial charge in [0.05, 0.1) is 12.7 Å². The molecule has 2 N–H and O–H groups in total. The summed E-state index contributed by atoms with van der Waals surface area (Å²) < 4.78 is 18.6. The first kappa shape index (κ1) is 17.8. The van der Waals surface area contributed by atoms with Gasteiger partial charge in [-0.25, -0.2) is 9.18 Å². The number of benzene rings is 1. The Morgan fingerprint density at radius 2 is 2.08 bits per heavy atom. The number of methoxy groups -OCH3 is 1. The van der Waals surface area contributed by atoms with Crippen molar-refractivity contribution in [1.82, 2.24) is 5.32 Å². The molecule has 2 aromatic rings. The molecule has 1 aromatic heterocycles. The molecule has 1 aliphatic rings. The minimum atomic E-state index is -0.348. The van der Waals surface area contributed by atoms with E-state index in [-0.39, 0.29) is 18.3 Å². The number of hydrogen-bond acceptors (Lipinski definition) is 4. The first-order valence-electron chi connectivity index (χ1n) is 8.11. The van der Waals surface area contributed by atoms with Gasteiger partial charge in [-0.05, 0) is 49.5 Å². The van der Waals surface area contributed by atoms with E-state index in [0.29, 0.717) is 21.2 Å². The van der Waals surface area contributed by atoms with Gasteiger partial charge < -0.3 is 15.4 Å². The van der Waals surface area contributed by atoms with Gasteiger partial charge in [0.25, 0.3) is 0 Å². The summed E-state index contributed by atoms with van der Waals surface area (Å²) >= 11 is 6.86. The fourth-order valence-corrected chi connectivity index (χ4v) is 4.46. The van der Waals surface area contributed by atoms with Crippen LogP contribution >= 0.6 is 23.6 Å². The van der Waals surface area contributed by atoms with Crippen molar-refractivity contribution in [1.29, 1.82) is 0 Å². The van der Waals surface area contributed by atoms with Crippen molar-refractivity contribution in [3.8, 4) is 0 Å². The molecule has 1 aliphatic carbocycles. The number of thiocarbonyl (C=S) groups is 1. The molecule has 1 heterocycles. The van der Waals surface area contributed by atoms with Gasteiger partial charge in [-0.15, -0.1) is 11.3 Å². The lowest BCUT2D eigenvalue weighted by molar-refractivity contribution is 0.0601. The van der Waals surface area contributed by atoms with Crippen LogP contribution in [0.3, 0.4) is 0 Å². The molecule has 0 aliphatic heterocycles. The molecule has 0 spiro atoms.